The molecule has 1 unspecified atom stereocenters. The Balaban J connectivity index is 1.91. The van der Waals surface area contributed by atoms with Gasteiger partial charge < -0.3 is 10.2 Å². The van der Waals surface area contributed by atoms with E-state index in [0.717, 1.165) is 38.9 Å². The average Bonchev–Trinajstić information content (AvgIpc) is 2.73. The summed E-state index contributed by atoms with van der Waals surface area (Å²) in [5, 5.41) is 3.41. The summed E-state index contributed by atoms with van der Waals surface area (Å²) in [5.74, 6) is 0.398. The van der Waals surface area contributed by atoms with Crippen molar-refractivity contribution in [2.75, 3.05) is 19.6 Å². The molecule has 1 aromatic rings. The van der Waals surface area contributed by atoms with Crippen LogP contribution in [-0.4, -0.2) is 36.0 Å². The van der Waals surface area contributed by atoms with Crippen molar-refractivity contribution in [1.82, 2.24) is 10.2 Å². The Kier molecular flexibility index (Phi) is 3.31. The highest BCUT2D eigenvalue weighted by molar-refractivity contribution is 5.87. The van der Waals surface area contributed by atoms with Gasteiger partial charge in [-0.05, 0) is 44.8 Å². The Labute approximate surface area is 115 Å². The molecule has 1 aromatic carbocycles. The van der Waals surface area contributed by atoms with Crippen molar-refractivity contribution in [3.05, 3.63) is 35.9 Å². The van der Waals surface area contributed by atoms with Crippen LogP contribution in [0.15, 0.2) is 30.3 Å². The lowest BCUT2D eigenvalue weighted by molar-refractivity contribution is -0.132. The SMILES string of the molecule is CCN1C(=O)C(c2ccccc2)CC12CCNCC2. The molecule has 2 aliphatic heterocycles. The molecule has 1 atom stereocenters. The molecule has 0 saturated carbocycles. The van der Waals surface area contributed by atoms with Crippen LogP contribution in [-0.2, 0) is 4.79 Å². The summed E-state index contributed by atoms with van der Waals surface area (Å²) in [6, 6.07) is 10.3. The van der Waals surface area contributed by atoms with E-state index in [2.05, 4.69) is 29.3 Å². The van der Waals surface area contributed by atoms with Gasteiger partial charge in [-0.3, -0.25) is 4.79 Å². The number of nitrogens with zero attached hydrogens (tertiary/aromatic N) is 1. The fraction of sp³-hybridized carbons (Fsp3) is 0.562. The molecular formula is C16H22N2O. The number of likely N-dealkylation sites (N-methyl/N-ethyl adjacent to an activating group) is 1. The van der Waals surface area contributed by atoms with Crippen LogP contribution in [0.25, 0.3) is 0 Å². The van der Waals surface area contributed by atoms with Crippen LogP contribution in [0.5, 0.6) is 0 Å². The highest BCUT2D eigenvalue weighted by Crippen LogP contribution is 2.44. The van der Waals surface area contributed by atoms with Crippen LogP contribution in [0, 0.1) is 0 Å². The summed E-state index contributed by atoms with van der Waals surface area (Å²) in [4.78, 5) is 14.9. The average molecular weight is 258 g/mol. The molecule has 0 bridgehead atoms. The molecule has 1 spiro atoms. The van der Waals surface area contributed by atoms with Crippen molar-refractivity contribution >= 4 is 5.91 Å². The number of hydrogen-bond donors (Lipinski definition) is 1. The van der Waals surface area contributed by atoms with Crippen molar-refractivity contribution in [2.24, 2.45) is 0 Å². The van der Waals surface area contributed by atoms with Crippen molar-refractivity contribution < 1.29 is 4.79 Å². The predicted molar refractivity (Wildman–Crippen MR) is 76.0 cm³/mol. The summed E-state index contributed by atoms with van der Waals surface area (Å²) < 4.78 is 0. The molecule has 1 N–H and O–H groups in total. The smallest absolute Gasteiger partial charge is 0.230 e. The Morgan fingerprint density at radius 3 is 2.58 bits per heavy atom. The monoisotopic (exact) mass is 258 g/mol. The number of nitrogens with one attached hydrogen (secondary N) is 1. The van der Waals surface area contributed by atoms with Crippen LogP contribution >= 0.6 is 0 Å². The second-order valence-corrected chi connectivity index (χ2v) is 5.72. The van der Waals surface area contributed by atoms with Gasteiger partial charge in [0.1, 0.15) is 0 Å². The van der Waals surface area contributed by atoms with E-state index in [4.69, 9.17) is 0 Å². The van der Waals surface area contributed by atoms with Crippen LogP contribution in [0.2, 0.25) is 0 Å². The van der Waals surface area contributed by atoms with E-state index in [1.165, 1.54) is 5.56 Å². The molecule has 0 radical (unpaired) electrons. The van der Waals surface area contributed by atoms with Crippen molar-refractivity contribution in [1.29, 1.82) is 0 Å². The van der Waals surface area contributed by atoms with Gasteiger partial charge in [0.2, 0.25) is 5.91 Å². The number of amides is 1. The minimum Gasteiger partial charge on any atom is -0.337 e. The standard InChI is InChI=1S/C16H22N2O/c1-2-18-15(19)14(13-6-4-3-5-7-13)12-16(18)8-10-17-11-9-16/h3-7,14,17H,2,8-12H2,1H3. The van der Waals surface area contributed by atoms with Gasteiger partial charge in [-0.2, -0.15) is 0 Å². The minimum atomic E-state index is 0.0687. The number of benzene rings is 1. The van der Waals surface area contributed by atoms with E-state index < -0.39 is 0 Å². The first-order chi connectivity index (χ1) is 9.27. The van der Waals surface area contributed by atoms with Crippen molar-refractivity contribution in [3.63, 3.8) is 0 Å². The first-order valence-electron chi connectivity index (χ1n) is 7.34. The van der Waals surface area contributed by atoms with Gasteiger partial charge in [0.05, 0.1) is 5.92 Å². The Bertz CT molecular complexity index is 451. The zero-order valence-corrected chi connectivity index (χ0v) is 11.6. The van der Waals surface area contributed by atoms with Crippen LogP contribution in [0.1, 0.15) is 37.7 Å². The summed E-state index contributed by atoms with van der Waals surface area (Å²) >= 11 is 0. The second-order valence-electron chi connectivity index (χ2n) is 5.72. The van der Waals surface area contributed by atoms with Crippen LogP contribution < -0.4 is 5.32 Å². The number of likely N-dealkylation sites (tertiary alicyclic amines) is 1. The molecule has 0 aliphatic carbocycles. The molecule has 2 saturated heterocycles. The largest absolute Gasteiger partial charge is 0.337 e. The maximum atomic E-state index is 12.7. The minimum absolute atomic E-state index is 0.0687. The lowest BCUT2D eigenvalue weighted by Gasteiger charge is -2.41. The van der Waals surface area contributed by atoms with E-state index in [0.29, 0.717) is 5.91 Å². The van der Waals surface area contributed by atoms with Crippen LogP contribution in [0.4, 0.5) is 0 Å². The maximum absolute atomic E-state index is 12.7. The maximum Gasteiger partial charge on any atom is 0.230 e. The lowest BCUT2D eigenvalue weighted by Crippen LogP contribution is -2.52. The van der Waals surface area contributed by atoms with E-state index in [-0.39, 0.29) is 11.5 Å². The van der Waals surface area contributed by atoms with Gasteiger partial charge >= 0.3 is 0 Å². The van der Waals surface area contributed by atoms with Gasteiger partial charge in [-0.25, -0.2) is 0 Å². The molecule has 102 valence electrons. The third-order valence-electron chi connectivity index (χ3n) is 4.77. The quantitative estimate of drug-likeness (QED) is 0.881. The highest BCUT2D eigenvalue weighted by Gasteiger charge is 2.50. The van der Waals surface area contributed by atoms with Crippen LogP contribution in [0.3, 0.4) is 0 Å². The Hall–Kier alpha value is -1.35. The Morgan fingerprint density at radius 1 is 1.26 bits per heavy atom. The third-order valence-corrected chi connectivity index (χ3v) is 4.77. The van der Waals surface area contributed by atoms with Gasteiger partial charge in [0.25, 0.3) is 0 Å². The van der Waals surface area contributed by atoms with Gasteiger partial charge in [-0.15, -0.1) is 0 Å². The van der Waals surface area contributed by atoms with E-state index in [9.17, 15) is 4.79 Å². The first kappa shape index (κ1) is 12.7. The van der Waals surface area contributed by atoms with Gasteiger partial charge in [-0.1, -0.05) is 30.3 Å². The molecule has 3 rings (SSSR count). The zero-order chi connectivity index (χ0) is 13.3. The highest BCUT2D eigenvalue weighted by atomic mass is 16.2. The summed E-state index contributed by atoms with van der Waals surface area (Å²) in [6.45, 7) is 5.01. The predicted octanol–water partition coefficient (Wildman–Crippen LogP) is 2.14. The number of piperidine rings is 1. The van der Waals surface area contributed by atoms with Gasteiger partial charge in [0, 0.05) is 12.1 Å². The first-order valence-corrected chi connectivity index (χ1v) is 7.34. The number of carbonyl (C=O) groups is 1. The van der Waals surface area contributed by atoms with E-state index in [1.807, 2.05) is 18.2 Å². The number of hydrogen-bond acceptors (Lipinski definition) is 2. The molecule has 0 aromatic heterocycles. The topological polar surface area (TPSA) is 32.3 Å². The molecule has 2 aliphatic rings. The van der Waals surface area contributed by atoms with E-state index in [1.54, 1.807) is 0 Å². The molecule has 2 fully saturated rings. The summed E-state index contributed by atoms with van der Waals surface area (Å²) in [7, 11) is 0. The lowest BCUT2D eigenvalue weighted by atomic mass is 9.82. The van der Waals surface area contributed by atoms with E-state index >= 15 is 0 Å². The van der Waals surface area contributed by atoms with Crippen molar-refractivity contribution in [3.8, 4) is 0 Å². The fourth-order valence-corrected chi connectivity index (χ4v) is 3.80. The molecule has 3 heteroatoms. The fourth-order valence-electron chi connectivity index (χ4n) is 3.80. The summed E-state index contributed by atoms with van der Waals surface area (Å²) in [6.07, 6.45) is 3.18. The zero-order valence-electron chi connectivity index (χ0n) is 11.6. The summed E-state index contributed by atoms with van der Waals surface area (Å²) in [5.41, 5.74) is 1.29. The number of carbonyl (C=O) groups excluding carboxylic acids is 1. The Morgan fingerprint density at radius 2 is 1.95 bits per heavy atom. The molecule has 2 heterocycles. The van der Waals surface area contributed by atoms with Gasteiger partial charge in [0.15, 0.2) is 0 Å². The third kappa shape index (κ3) is 2.06. The molecular weight excluding hydrogens is 236 g/mol. The normalized spacial score (nSPS) is 26.1. The number of rotatable bonds is 2. The molecule has 19 heavy (non-hydrogen) atoms. The molecule has 1 amide bonds. The molecule has 3 nitrogen and oxygen atoms in total. The second kappa shape index (κ2) is 4.97. The van der Waals surface area contributed by atoms with Crippen molar-refractivity contribution in [2.45, 2.75) is 37.6 Å².